The molecule has 0 saturated carbocycles. The molecule has 134 valence electrons. The zero-order valence-corrected chi connectivity index (χ0v) is 15.6. The van der Waals surface area contributed by atoms with Gasteiger partial charge in [-0.2, -0.15) is 0 Å². The van der Waals surface area contributed by atoms with Crippen molar-refractivity contribution in [2.75, 3.05) is 19.7 Å². The fraction of sp³-hybridized carbons (Fsp3) is 0.500. The van der Waals surface area contributed by atoms with Crippen LogP contribution in [0.15, 0.2) is 27.9 Å². The molecule has 1 aliphatic heterocycles. The fourth-order valence-corrected chi connectivity index (χ4v) is 3.98. The van der Waals surface area contributed by atoms with E-state index in [-0.39, 0.29) is 12.0 Å². The van der Waals surface area contributed by atoms with E-state index in [1.165, 1.54) is 0 Å². The zero-order valence-electron chi connectivity index (χ0n) is 14.8. The third kappa shape index (κ3) is 4.04. The van der Waals surface area contributed by atoms with Crippen molar-refractivity contribution in [3.05, 3.63) is 40.9 Å². The molecule has 0 bridgehead atoms. The minimum Gasteiger partial charge on any atom is -0.375 e. The molecule has 2 aromatic heterocycles. The average molecular weight is 361 g/mol. The molecule has 1 amide bonds. The molecule has 7 heteroatoms. The fourth-order valence-electron chi connectivity index (χ4n) is 2.84. The Kier molecular flexibility index (Phi) is 5.75. The summed E-state index contributed by atoms with van der Waals surface area (Å²) in [4.78, 5) is 19.3. The van der Waals surface area contributed by atoms with Gasteiger partial charge < -0.3 is 14.2 Å². The Labute approximate surface area is 151 Å². The Bertz CT molecular complexity index is 727. The minimum atomic E-state index is 0.0242. The Morgan fingerprint density at radius 2 is 2.28 bits per heavy atom. The standard InChI is InChI=1S/C18H23N3O3S/c1-4-14-10-21(8-9-23-14)18(22)15-6-5-7-19-17(15)25-11-16-12(2)20-24-13(16)3/h5-7,14H,4,8-11H2,1-3H3. The number of morpholine rings is 1. The number of pyridine rings is 1. The average Bonchev–Trinajstić information content (AvgIpc) is 2.97. The Balaban J connectivity index is 1.75. The quantitative estimate of drug-likeness (QED) is 0.762. The lowest BCUT2D eigenvalue weighted by atomic mass is 10.2. The van der Waals surface area contributed by atoms with Gasteiger partial charge in [0.15, 0.2) is 0 Å². The maximum Gasteiger partial charge on any atom is 0.256 e. The third-order valence-corrected chi connectivity index (χ3v) is 5.45. The van der Waals surface area contributed by atoms with E-state index in [0.29, 0.717) is 31.0 Å². The maximum absolute atomic E-state index is 13.0. The van der Waals surface area contributed by atoms with E-state index in [4.69, 9.17) is 9.26 Å². The summed E-state index contributed by atoms with van der Waals surface area (Å²) in [5, 5.41) is 4.72. The Morgan fingerprint density at radius 3 is 3.00 bits per heavy atom. The molecule has 2 aromatic rings. The van der Waals surface area contributed by atoms with Crippen LogP contribution in [0.2, 0.25) is 0 Å². The van der Waals surface area contributed by atoms with E-state index in [9.17, 15) is 4.79 Å². The minimum absolute atomic E-state index is 0.0242. The van der Waals surface area contributed by atoms with Gasteiger partial charge in [-0.3, -0.25) is 4.79 Å². The first-order valence-corrected chi connectivity index (χ1v) is 9.49. The van der Waals surface area contributed by atoms with Crippen LogP contribution in [0.25, 0.3) is 0 Å². The molecule has 0 aromatic carbocycles. The summed E-state index contributed by atoms with van der Waals surface area (Å²) in [6, 6.07) is 3.66. The number of thioether (sulfide) groups is 1. The largest absolute Gasteiger partial charge is 0.375 e. The Morgan fingerprint density at radius 1 is 1.44 bits per heavy atom. The molecule has 0 N–H and O–H groups in total. The molecule has 1 fully saturated rings. The van der Waals surface area contributed by atoms with Gasteiger partial charge in [0.2, 0.25) is 0 Å². The highest BCUT2D eigenvalue weighted by Crippen LogP contribution is 2.28. The monoisotopic (exact) mass is 361 g/mol. The second-order valence-electron chi connectivity index (χ2n) is 6.10. The number of nitrogens with zero attached hydrogens (tertiary/aromatic N) is 3. The molecular weight excluding hydrogens is 338 g/mol. The normalized spacial score (nSPS) is 17.7. The molecule has 0 radical (unpaired) electrons. The smallest absolute Gasteiger partial charge is 0.256 e. The molecule has 25 heavy (non-hydrogen) atoms. The lowest BCUT2D eigenvalue weighted by molar-refractivity contribution is -0.0227. The van der Waals surface area contributed by atoms with Crippen molar-refractivity contribution >= 4 is 17.7 Å². The van der Waals surface area contributed by atoms with Gasteiger partial charge in [-0.15, -0.1) is 11.8 Å². The van der Waals surface area contributed by atoms with E-state index in [1.54, 1.807) is 18.0 Å². The van der Waals surface area contributed by atoms with Crippen LogP contribution in [0.1, 0.15) is 40.7 Å². The summed E-state index contributed by atoms with van der Waals surface area (Å²) in [6.07, 6.45) is 2.75. The first kappa shape index (κ1) is 17.9. The summed E-state index contributed by atoms with van der Waals surface area (Å²) >= 11 is 1.54. The number of aromatic nitrogens is 2. The van der Waals surface area contributed by atoms with Crippen LogP contribution >= 0.6 is 11.8 Å². The number of hydrogen-bond donors (Lipinski definition) is 0. The summed E-state index contributed by atoms with van der Waals surface area (Å²) in [6.45, 7) is 7.75. The first-order valence-electron chi connectivity index (χ1n) is 8.50. The number of amides is 1. The van der Waals surface area contributed by atoms with E-state index >= 15 is 0 Å². The molecule has 1 aliphatic rings. The SMILES string of the molecule is CCC1CN(C(=O)c2cccnc2SCc2c(C)noc2C)CCO1. The van der Waals surface area contributed by atoms with Gasteiger partial charge >= 0.3 is 0 Å². The van der Waals surface area contributed by atoms with Gasteiger partial charge in [0.1, 0.15) is 10.8 Å². The van der Waals surface area contributed by atoms with Crippen molar-refractivity contribution in [2.45, 2.75) is 44.1 Å². The zero-order chi connectivity index (χ0) is 17.8. The molecule has 0 spiro atoms. The van der Waals surface area contributed by atoms with Gasteiger partial charge in [-0.05, 0) is 32.4 Å². The molecule has 0 aliphatic carbocycles. The van der Waals surface area contributed by atoms with E-state index in [1.807, 2.05) is 30.9 Å². The molecule has 3 rings (SSSR count). The number of aryl methyl sites for hydroxylation is 2. The van der Waals surface area contributed by atoms with E-state index in [0.717, 1.165) is 28.5 Å². The topological polar surface area (TPSA) is 68.5 Å². The van der Waals surface area contributed by atoms with Gasteiger partial charge in [-0.25, -0.2) is 4.98 Å². The number of ether oxygens (including phenoxy) is 1. The number of hydrogen-bond acceptors (Lipinski definition) is 6. The molecule has 6 nitrogen and oxygen atoms in total. The molecule has 1 atom stereocenters. The van der Waals surface area contributed by atoms with Crippen LogP contribution < -0.4 is 0 Å². The van der Waals surface area contributed by atoms with E-state index in [2.05, 4.69) is 17.1 Å². The maximum atomic E-state index is 13.0. The van der Waals surface area contributed by atoms with Crippen LogP contribution in [-0.4, -0.2) is 46.7 Å². The molecule has 3 heterocycles. The highest BCUT2D eigenvalue weighted by Gasteiger charge is 2.26. The first-order chi connectivity index (χ1) is 12.1. The van der Waals surface area contributed by atoms with Gasteiger partial charge in [0.25, 0.3) is 5.91 Å². The number of rotatable bonds is 5. The summed E-state index contributed by atoms with van der Waals surface area (Å²) in [5.74, 6) is 1.52. The Hall–Kier alpha value is -1.86. The summed E-state index contributed by atoms with van der Waals surface area (Å²) in [5.41, 5.74) is 2.59. The lowest BCUT2D eigenvalue weighted by Crippen LogP contribution is -2.45. The van der Waals surface area contributed by atoms with Crippen LogP contribution in [0.5, 0.6) is 0 Å². The molecule has 1 saturated heterocycles. The van der Waals surface area contributed by atoms with Gasteiger partial charge in [-0.1, -0.05) is 12.1 Å². The van der Waals surface area contributed by atoms with Crippen LogP contribution in [-0.2, 0) is 10.5 Å². The summed E-state index contributed by atoms with van der Waals surface area (Å²) < 4.78 is 10.9. The molecule has 1 unspecified atom stereocenters. The van der Waals surface area contributed by atoms with Gasteiger partial charge in [0.05, 0.1) is 24.0 Å². The predicted octanol–water partition coefficient (Wildman–Crippen LogP) is 3.23. The van der Waals surface area contributed by atoms with Crippen molar-refractivity contribution in [3.63, 3.8) is 0 Å². The molecular formula is C18H23N3O3S. The van der Waals surface area contributed by atoms with Crippen molar-refractivity contribution in [2.24, 2.45) is 0 Å². The summed E-state index contributed by atoms with van der Waals surface area (Å²) in [7, 11) is 0. The number of carbonyl (C=O) groups excluding carboxylic acids is 1. The van der Waals surface area contributed by atoms with E-state index < -0.39 is 0 Å². The highest BCUT2D eigenvalue weighted by atomic mass is 32.2. The second kappa shape index (κ2) is 8.01. The van der Waals surface area contributed by atoms with Crippen molar-refractivity contribution in [1.82, 2.24) is 15.0 Å². The number of carbonyl (C=O) groups is 1. The van der Waals surface area contributed by atoms with Crippen LogP contribution in [0.3, 0.4) is 0 Å². The van der Waals surface area contributed by atoms with Gasteiger partial charge in [0, 0.05) is 30.6 Å². The van der Waals surface area contributed by atoms with Crippen LogP contribution in [0, 0.1) is 13.8 Å². The van der Waals surface area contributed by atoms with Crippen molar-refractivity contribution in [1.29, 1.82) is 0 Å². The van der Waals surface area contributed by atoms with Crippen molar-refractivity contribution in [3.8, 4) is 0 Å². The second-order valence-corrected chi connectivity index (χ2v) is 7.06. The lowest BCUT2D eigenvalue weighted by Gasteiger charge is -2.32. The highest BCUT2D eigenvalue weighted by molar-refractivity contribution is 7.98. The van der Waals surface area contributed by atoms with Crippen LogP contribution in [0.4, 0.5) is 0 Å². The predicted molar refractivity (Wildman–Crippen MR) is 95.7 cm³/mol. The third-order valence-electron chi connectivity index (χ3n) is 4.42. The van der Waals surface area contributed by atoms with Crippen molar-refractivity contribution < 1.29 is 14.1 Å².